The quantitative estimate of drug-likeness (QED) is 0.501. The molecule has 1 unspecified atom stereocenters. The number of nitrogens with one attached hydrogen (secondary N) is 2. The van der Waals surface area contributed by atoms with Crippen LogP contribution in [0.25, 0.3) is 0 Å². The standard InChI is InChI=1S/C22H30N2O5S/c1-4-5-9-14-23-22(25)19(15-17-10-7-6-8-11-17)24-30(26,27)18-12-13-20(28-2)21(16-18)29-3/h6-8,10-13,16,19,24H,4-5,9,14-15H2,1-3H3,(H,23,25). The summed E-state index contributed by atoms with van der Waals surface area (Å²) < 4.78 is 38.9. The number of carbonyl (C=O) groups is 1. The van der Waals surface area contributed by atoms with E-state index in [0.717, 1.165) is 24.8 Å². The van der Waals surface area contributed by atoms with Gasteiger partial charge in [-0.05, 0) is 30.5 Å². The summed E-state index contributed by atoms with van der Waals surface area (Å²) in [4.78, 5) is 12.8. The average molecular weight is 435 g/mol. The Hall–Kier alpha value is -2.58. The molecule has 2 aromatic carbocycles. The van der Waals surface area contributed by atoms with Gasteiger partial charge in [-0.3, -0.25) is 4.79 Å². The van der Waals surface area contributed by atoms with E-state index in [1.54, 1.807) is 0 Å². The van der Waals surface area contributed by atoms with Crippen molar-refractivity contribution in [2.45, 2.75) is 43.5 Å². The highest BCUT2D eigenvalue weighted by Crippen LogP contribution is 2.29. The number of amides is 1. The Balaban J connectivity index is 2.23. The Morgan fingerprint density at radius 3 is 2.33 bits per heavy atom. The minimum Gasteiger partial charge on any atom is -0.493 e. The van der Waals surface area contributed by atoms with Crippen molar-refractivity contribution in [3.8, 4) is 11.5 Å². The monoisotopic (exact) mass is 434 g/mol. The second-order valence-electron chi connectivity index (χ2n) is 6.88. The number of carbonyl (C=O) groups excluding carboxylic acids is 1. The van der Waals surface area contributed by atoms with Crippen LogP contribution >= 0.6 is 0 Å². The molecular formula is C22H30N2O5S. The lowest BCUT2D eigenvalue weighted by Gasteiger charge is -2.19. The Kier molecular flexibility index (Phi) is 9.14. The molecular weight excluding hydrogens is 404 g/mol. The number of benzene rings is 2. The first-order valence-electron chi connectivity index (χ1n) is 9.97. The van der Waals surface area contributed by atoms with Crippen LogP contribution in [-0.4, -0.2) is 41.1 Å². The van der Waals surface area contributed by atoms with Gasteiger partial charge in [0.1, 0.15) is 6.04 Å². The van der Waals surface area contributed by atoms with Crippen LogP contribution in [0.2, 0.25) is 0 Å². The minimum atomic E-state index is -3.96. The summed E-state index contributed by atoms with van der Waals surface area (Å²) in [5, 5.41) is 2.84. The molecule has 0 saturated heterocycles. The zero-order chi connectivity index (χ0) is 22.0. The van der Waals surface area contributed by atoms with Crippen LogP contribution in [0.5, 0.6) is 11.5 Å². The van der Waals surface area contributed by atoms with Gasteiger partial charge in [0.2, 0.25) is 15.9 Å². The van der Waals surface area contributed by atoms with E-state index in [1.165, 1.54) is 32.4 Å². The van der Waals surface area contributed by atoms with Gasteiger partial charge in [0, 0.05) is 12.6 Å². The van der Waals surface area contributed by atoms with Gasteiger partial charge in [-0.2, -0.15) is 4.72 Å². The second kappa shape index (κ2) is 11.6. The number of ether oxygens (including phenoxy) is 2. The molecule has 0 aliphatic carbocycles. The van der Waals surface area contributed by atoms with Crippen LogP contribution in [0.4, 0.5) is 0 Å². The molecule has 0 heterocycles. The van der Waals surface area contributed by atoms with E-state index >= 15 is 0 Å². The lowest BCUT2D eigenvalue weighted by Crippen LogP contribution is -2.48. The van der Waals surface area contributed by atoms with E-state index < -0.39 is 16.1 Å². The van der Waals surface area contributed by atoms with Crippen molar-refractivity contribution >= 4 is 15.9 Å². The molecule has 0 fully saturated rings. The number of sulfonamides is 1. The number of hydrogen-bond donors (Lipinski definition) is 2. The molecule has 0 spiro atoms. The van der Waals surface area contributed by atoms with Crippen LogP contribution in [0, 0.1) is 0 Å². The van der Waals surface area contributed by atoms with Crippen LogP contribution in [0.1, 0.15) is 31.7 Å². The second-order valence-corrected chi connectivity index (χ2v) is 8.59. The highest BCUT2D eigenvalue weighted by atomic mass is 32.2. The van der Waals surface area contributed by atoms with Gasteiger partial charge in [-0.15, -0.1) is 0 Å². The van der Waals surface area contributed by atoms with Gasteiger partial charge in [0.25, 0.3) is 0 Å². The molecule has 2 aromatic rings. The van der Waals surface area contributed by atoms with E-state index in [4.69, 9.17) is 9.47 Å². The van der Waals surface area contributed by atoms with Crippen LogP contribution in [0.3, 0.4) is 0 Å². The first-order chi connectivity index (χ1) is 14.4. The summed E-state index contributed by atoms with van der Waals surface area (Å²) in [6, 6.07) is 12.7. The largest absolute Gasteiger partial charge is 0.493 e. The summed E-state index contributed by atoms with van der Waals surface area (Å²) in [5.74, 6) is 0.369. The third-order valence-electron chi connectivity index (χ3n) is 4.64. The third-order valence-corrected chi connectivity index (χ3v) is 6.11. The van der Waals surface area contributed by atoms with Crippen LogP contribution < -0.4 is 19.5 Å². The van der Waals surface area contributed by atoms with E-state index in [1.807, 2.05) is 30.3 Å². The van der Waals surface area contributed by atoms with Gasteiger partial charge < -0.3 is 14.8 Å². The van der Waals surface area contributed by atoms with Crippen molar-refractivity contribution in [1.29, 1.82) is 0 Å². The summed E-state index contributed by atoms with van der Waals surface area (Å²) in [6.07, 6.45) is 3.13. The lowest BCUT2D eigenvalue weighted by atomic mass is 10.1. The molecule has 0 bridgehead atoms. The first kappa shape index (κ1) is 23.7. The summed E-state index contributed by atoms with van der Waals surface area (Å²) in [5.41, 5.74) is 0.862. The lowest BCUT2D eigenvalue weighted by molar-refractivity contribution is -0.122. The zero-order valence-corrected chi connectivity index (χ0v) is 18.5. The minimum absolute atomic E-state index is 0.00278. The Labute approximate surface area is 178 Å². The molecule has 1 amide bonds. The van der Waals surface area contributed by atoms with Crippen LogP contribution in [0.15, 0.2) is 53.4 Å². The Morgan fingerprint density at radius 2 is 1.70 bits per heavy atom. The maximum absolute atomic E-state index is 13.0. The smallest absolute Gasteiger partial charge is 0.241 e. The molecule has 164 valence electrons. The third kappa shape index (κ3) is 6.74. The van der Waals surface area contributed by atoms with Crippen molar-refractivity contribution in [2.24, 2.45) is 0 Å². The van der Waals surface area contributed by atoms with Crippen molar-refractivity contribution in [1.82, 2.24) is 10.0 Å². The molecule has 0 aliphatic rings. The molecule has 0 radical (unpaired) electrons. The van der Waals surface area contributed by atoms with Crippen molar-refractivity contribution < 1.29 is 22.7 Å². The average Bonchev–Trinajstić information content (AvgIpc) is 2.76. The topological polar surface area (TPSA) is 93.7 Å². The molecule has 0 aliphatic heterocycles. The fraction of sp³-hybridized carbons (Fsp3) is 0.409. The predicted octanol–water partition coefficient (Wildman–Crippen LogP) is 2.90. The molecule has 0 saturated carbocycles. The summed E-state index contributed by atoms with van der Waals surface area (Å²) in [7, 11) is -1.05. The molecule has 0 aromatic heterocycles. The Morgan fingerprint density at radius 1 is 1.00 bits per heavy atom. The predicted molar refractivity (Wildman–Crippen MR) is 116 cm³/mol. The van der Waals surface area contributed by atoms with Crippen molar-refractivity contribution in [3.63, 3.8) is 0 Å². The number of methoxy groups -OCH3 is 2. The van der Waals surface area contributed by atoms with Gasteiger partial charge >= 0.3 is 0 Å². The fourth-order valence-electron chi connectivity index (χ4n) is 2.99. The highest BCUT2D eigenvalue weighted by Gasteiger charge is 2.26. The highest BCUT2D eigenvalue weighted by molar-refractivity contribution is 7.89. The molecule has 2 N–H and O–H groups in total. The molecule has 1 atom stereocenters. The van der Waals surface area contributed by atoms with Gasteiger partial charge in [-0.1, -0.05) is 50.1 Å². The first-order valence-corrected chi connectivity index (χ1v) is 11.5. The maximum atomic E-state index is 13.0. The van der Waals surface area contributed by atoms with Gasteiger partial charge in [0.15, 0.2) is 11.5 Å². The van der Waals surface area contributed by atoms with Crippen molar-refractivity contribution in [2.75, 3.05) is 20.8 Å². The SMILES string of the molecule is CCCCCNC(=O)C(Cc1ccccc1)NS(=O)(=O)c1ccc(OC)c(OC)c1. The van der Waals surface area contributed by atoms with Gasteiger partial charge in [-0.25, -0.2) is 8.42 Å². The number of hydrogen-bond acceptors (Lipinski definition) is 5. The summed E-state index contributed by atoms with van der Waals surface area (Å²) in [6.45, 7) is 2.59. The zero-order valence-electron chi connectivity index (χ0n) is 17.7. The Bertz CT molecular complexity index is 916. The fourth-order valence-corrected chi connectivity index (χ4v) is 4.20. The van der Waals surface area contributed by atoms with E-state index in [0.29, 0.717) is 18.0 Å². The molecule has 7 nitrogen and oxygen atoms in total. The van der Waals surface area contributed by atoms with E-state index in [9.17, 15) is 13.2 Å². The molecule has 30 heavy (non-hydrogen) atoms. The number of unbranched alkanes of at least 4 members (excludes halogenated alkanes) is 2. The van der Waals surface area contributed by atoms with Crippen LogP contribution in [-0.2, 0) is 21.2 Å². The molecule has 2 rings (SSSR count). The van der Waals surface area contributed by atoms with Crippen molar-refractivity contribution in [3.05, 3.63) is 54.1 Å². The van der Waals surface area contributed by atoms with E-state index in [-0.39, 0.29) is 17.2 Å². The van der Waals surface area contributed by atoms with E-state index in [2.05, 4.69) is 17.0 Å². The normalized spacial score (nSPS) is 12.2. The molecule has 8 heteroatoms. The van der Waals surface area contributed by atoms with Gasteiger partial charge in [0.05, 0.1) is 19.1 Å². The summed E-state index contributed by atoms with van der Waals surface area (Å²) >= 11 is 0. The maximum Gasteiger partial charge on any atom is 0.241 e. The number of rotatable bonds is 12.